The number of nitrogens with one attached hydrogen (secondary N) is 1. The maximum Gasteiger partial charge on any atom is 0.334 e. The number of aliphatic hydroxyl groups excluding tert-OH is 2. The van der Waals surface area contributed by atoms with Crippen LogP contribution in [0.15, 0.2) is 17.1 Å². The minimum Gasteiger partial charge on any atom is -0.481 e. The first-order valence-corrected chi connectivity index (χ1v) is 4.78. The molecule has 98 valence electrons. The standard InChI is InChI=1S/C9H10N2O7/c12-6(2-7(13)14)8(15)4-1-5(11(17)18)9(16)10-3-4/h1,3,6,8,12,15H,2H2,(H,10,16)(H,13,14). The molecule has 2 atom stereocenters. The molecule has 1 aromatic heterocycles. The second-order valence-corrected chi connectivity index (χ2v) is 3.51. The molecular weight excluding hydrogens is 248 g/mol. The molecule has 2 unspecified atom stereocenters. The van der Waals surface area contributed by atoms with Crippen LogP contribution in [-0.2, 0) is 4.79 Å². The average molecular weight is 258 g/mol. The lowest BCUT2D eigenvalue weighted by Gasteiger charge is -2.15. The van der Waals surface area contributed by atoms with Crippen molar-refractivity contribution in [1.82, 2.24) is 4.98 Å². The van der Waals surface area contributed by atoms with Crippen molar-refractivity contribution in [3.63, 3.8) is 0 Å². The van der Waals surface area contributed by atoms with Crippen molar-refractivity contribution in [2.75, 3.05) is 0 Å². The van der Waals surface area contributed by atoms with Crippen molar-refractivity contribution in [2.24, 2.45) is 0 Å². The molecule has 18 heavy (non-hydrogen) atoms. The Kier molecular flexibility index (Phi) is 4.13. The fourth-order valence-electron chi connectivity index (χ4n) is 1.31. The van der Waals surface area contributed by atoms with Crippen LogP contribution >= 0.6 is 0 Å². The van der Waals surface area contributed by atoms with Crippen LogP contribution in [-0.4, -0.2) is 37.3 Å². The normalized spacial score (nSPS) is 13.9. The molecule has 9 heteroatoms. The van der Waals surface area contributed by atoms with Gasteiger partial charge in [-0.05, 0) is 0 Å². The molecule has 0 aliphatic carbocycles. The third kappa shape index (κ3) is 3.12. The Hall–Kier alpha value is -2.26. The maximum atomic E-state index is 11.0. The van der Waals surface area contributed by atoms with Crippen molar-refractivity contribution >= 4 is 11.7 Å². The number of nitro groups is 1. The monoisotopic (exact) mass is 258 g/mol. The van der Waals surface area contributed by atoms with Gasteiger partial charge in [-0.15, -0.1) is 0 Å². The Morgan fingerprint density at radius 1 is 1.50 bits per heavy atom. The summed E-state index contributed by atoms with van der Waals surface area (Å²) in [5, 5.41) is 37.8. The van der Waals surface area contributed by atoms with E-state index in [2.05, 4.69) is 0 Å². The first-order valence-electron chi connectivity index (χ1n) is 4.78. The van der Waals surface area contributed by atoms with Gasteiger partial charge in [-0.3, -0.25) is 19.7 Å². The molecule has 0 amide bonds. The molecule has 0 aliphatic heterocycles. The van der Waals surface area contributed by atoms with Crippen LogP contribution < -0.4 is 5.56 Å². The third-order valence-electron chi connectivity index (χ3n) is 2.19. The smallest absolute Gasteiger partial charge is 0.334 e. The molecule has 0 spiro atoms. The highest BCUT2D eigenvalue weighted by Crippen LogP contribution is 2.20. The molecular formula is C9H10N2O7. The number of carboxylic acids is 1. The zero-order valence-electron chi connectivity index (χ0n) is 8.94. The van der Waals surface area contributed by atoms with Gasteiger partial charge in [0.15, 0.2) is 0 Å². The highest BCUT2D eigenvalue weighted by Gasteiger charge is 2.24. The number of rotatable bonds is 5. The third-order valence-corrected chi connectivity index (χ3v) is 2.19. The van der Waals surface area contributed by atoms with E-state index in [1.54, 1.807) is 0 Å². The summed E-state index contributed by atoms with van der Waals surface area (Å²) >= 11 is 0. The summed E-state index contributed by atoms with van der Waals surface area (Å²) in [4.78, 5) is 33.0. The van der Waals surface area contributed by atoms with E-state index in [4.69, 9.17) is 5.11 Å². The lowest BCUT2D eigenvalue weighted by atomic mass is 10.0. The Morgan fingerprint density at radius 3 is 2.61 bits per heavy atom. The van der Waals surface area contributed by atoms with Gasteiger partial charge in [0.25, 0.3) is 0 Å². The summed E-state index contributed by atoms with van der Waals surface area (Å²) in [6, 6.07) is 0.786. The molecule has 9 nitrogen and oxygen atoms in total. The van der Waals surface area contributed by atoms with Gasteiger partial charge in [-0.25, -0.2) is 0 Å². The van der Waals surface area contributed by atoms with E-state index >= 15 is 0 Å². The van der Waals surface area contributed by atoms with E-state index in [-0.39, 0.29) is 5.56 Å². The van der Waals surface area contributed by atoms with Crippen LogP contribution in [0.2, 0.25) is 0 Å². The molecule has 0 bridgehead atoms. The van der Waals surface area contributed by atoms with E-state index in [9.17, 15) is 29.9 Å². The molecule has 0 radical (unpaired) electrons. The van der Waals surface area contributed by atoms with Crippen LogP contribution in [0.4, 0.5) is 5.69 Å². The van der Waals surface area contributed by atoms with Crippen molar-refractivity contribution in [3.8, 4) is 0 Å². The fraction of sp³-hybridized carbons (Fsp3) is 0.333. The largest absolute Gasteiger partial charge is 0.481 e. The number of aliphatic hydroxyl groups is 2. The van der Waals surface area contributed by atoms with Crippen LogP contribution in [0.25, 0.3) is 0 Å². The van der Waals surface area contributed by atoms with Gasteiger partial charge < -0.3 is 20.3 Å². The minimum atomic E-state index is -1.64. The highest BCUT2D eigenvalue weighted by atomic mass is 16.6. The zero-order chi connectivity index (χ0) is 13.9. The molecule has 1 aromatic rings. The average Bonchev–Trinajstić information content (AvgIpc) is 2.27. The van der Waals surface area contributed by atoms with Crippen LogP contribution in [0, 0.1) is 10.1 Å². The molecule has 4 N–H and O–H groups in total. The molecule has 1 heterocycles. The number of aromatic nitrogens is 1. The molecule has 0 fully saturated rings. The number of carbonyl (C=O) groups is 1. The first-order chi connectivity index (χ1) is 8.32. The number of H-pyrrole nitrogens is 1. The summed E-state index contributed by atoms with van der Waals surface area (Å²) < 4.78 is 0. The first kappa shape index (κ1) is 13.8. The zero-order valence-corrected chi connectivity index (χ0v) is 8.94. The van der Waals surface area contributed by atoms with Gasteiger partial charge in [0.05, 0.1) is 17.4 Å². The summed E-state index contributed by atoms with van der Waals surface area (Å²) in [7, 11) is 0. The van der Waals surface area contributed by atoms with E-state index in [0.717, 1.165) is 12.3 Å². The number of carboxylic acid groups (broad SMARTS) is 1. The predicted octanol–water partition coefficient (Wildman–Crippen LogP) is -0.848. The molecule has 1 rings (SSSR count). The van der Waals surface area contributed by atoms with Crippen molar-refractivity contribution < 1.29 is 25.0 Å². The van der Waals surface area contributed by atoms with Gasteiger partial charge in [-0.2, -0.15) is 0 Å². The molecule has 0 aromatic carbocycles. The van der Waals surface area contributed by atoms with Crippen LogP contribution in [0.3, 0.4) is 0 Å². The van der Waals surface area contributed by atoms with Crippen molar-refractivity contribution in [1.29, 1.82) is 0 Å². The van der Waals surface area contributed by atoms with Gasteiger partial charge in [0, 0.05) is 17.8 Å². The number of nitrogens with zero attached hydrogens (tertiary/aromatic N) is 1. The van der Waals surface area contributed by atoms with E-state index < -0.39 is 40.8 Å². The quantitative estimate of drug-likeness (QED) is 0.396. The topological polar surface area (TPSA) is 154 Å². The summed E-state index contributed by atoms with van der Waals surface area (Å²) in [5.74, 6) is -1.33. The Bertz CT molecular complexity index is 524. The number of aromatic amines is 1. The van der Waals surface area contributed by atoms with Crippen molar-refractivity contribution in [2.45, 2.75) is 18.6 Å². The number of hydrogen-bond acceptors (Lipinski definition) is 6. The second kappa shape index (κ2) is 5.38. The van der Waals surface area contributed by atoms with Gasteiger partial charge >= 0.3 is 17.2 Å². The lowest BCUT2D eigenvalue weighted by molar-refractivity contribution is -0.386. The summed E-state index contributed by atoms with van der Waals surface area (Å²) in [6.45, 7) is 0. The molecule has 0 saturated heterocycles. The summed E-state index contributed by atoms with van der Waals surface area (Å²) in [5.41, 5.74) is -1.90. The number of pyridine rings is 1. The van der Waals surface area contributed by atoms with Crippen LogP contribution in [0.1, 0.15) is 18.1 Å². The van der Waals surface area contributed by atoms with Crippen molar-refractivity contribution in [3.05, 3.63) is 38.3 Å². The predicted molar refractivity (Wildman–Crippen MR) is 56.9 cm³/mol. The highest BCUT2D eigenvalue weighted by molar-refractivity contribution is 5.67. The second-order valence-electron chi connectivity index (χ2n) is 3.51. The van der Waals surface area contributed by atoms with Crippen LogP contribution in [0.5, 0.6) is 0 Å². The maximum absolute atomic E-state index is 11.0. The minimum absolute atomic E-state index is 0.143. The van der Waals surface area contributed by atoms with Gasteiger partial charge in [0.2, 0.25) is 0 Å². The molecule has 0 aliphatic rings. The Labute approximate surface area is 99.5 Å². The number of aliphatic carboxylic acids is 1. The van der Waals surface area contributed by atoms with Gasteiger partial charge in [-0.1, -0.05) is 0 Å². The number of hydrogen-bond donors (Lipinski definition) is 4. The lowest BCUT2D eigenvalue weighted by Crippen LogP contribution is -2.23. The van der Waals surface area contributed by atoms with Gasteiger partial charge in [0.1, 0.15) is 6.10 Å². The van der Waals surface area contributed by atoms with E-state index in [0.29, 0.717) is 0 Å². The summed E-state index contributed by atoms with van der Waals surface area (Å²) in [6.07, 6.45) is -3.02. The SMILES string of the molecule is O=C(O)CC(O)C(O)c1c[nH]c(=O)c([N+](=O)[O-])c1. The molecule has 0 saturated carbocycles. The Morgan fingerprint density at radius 2 is 2.11 bits per heavy atom. The van der Waals surface area contributed by atoms with E-state index in [1.807, 2.05) is 4.98 Å². The Balaban J connectivity index is 3.03. The van der Waals surface area contributed by atoms with E-state index in [1.165, 1.54) is 0 Å². The fourth-order valence-corrected chi connectivity index (χ4v) is 1.31.